The van der Waals surface area contributed by atoms with Crippen molar-refractivity contribution in [3.05, 3.63) is 47.5 Å². The molecule has 2 aromatic carbocycles. The summed E-state index contributed by atoms with van der Waals surface area (Å²) in [4.78, 5) is 4.57. The van der Waals surface area contributed by atoms with Gasteiger partial charge in [0.25, 0.3) is 0 Å². The Hall–Kier alpha value is -1.61. The Bertz CT molecular complexity index is 873. The molecule has 0 unspecified atom stereocenters. The van der Waals surface area contributed by atoms with E-state index in [2.05, 4.69) is 11.1 Å². The zero-order chi connectivity index (χ0) is 19.8. The maximum atomic E-state index is 10.2. The number of nitrogens with one attached hydrogen (secondary N) is 1. The average molecular weight is 478 g/mol. The fraction of sp³-hybridized carbons (Fsp3) is 0.263. The Morgan fingerprint density at radius 2 is 1.86 bits per heavy atom. The van der Waals surface area contributed by atoms with Crippen molar-refractivity contribution in [1.29, 1.82) is 5.41 Å². The van der Waals surface area contributed by atoms with Crippen LogP contribution < -0.4 is 22.3 Å². The number of nitrogen functional groups attached to an aromatic ring is 1. The molecule has 160 valence electrons. The average Bonchev–Trinajstić information content (AvgIpc) is 3.08. The summed E-state index contributed by atoms with van der Waals surface area (Å²) >= 11 is 7.67. The molecular weight excluding hydrogens is 453 g/mol. The van der Waals surface area contributed by atoms with E-state index in [4.69, 9.17) is 34.2 Å². The maximum Gasteiger partial charge on any atom is 0.124 e. The topological polar surface area (TPSA) is 138 Å². The third kappa shape index (κ3) is 8.34. The minimum absolute atomic E-state index is 0. The van der Waals surface area contributed by atoms with Crippen LogP contribution in [0, 0.1) is 5.41 Å². The number of fused-ring (bicyclic) bond motifs is 1. The number of hydrogen-bond donors (Lipinski definition) is 4. The number of para-hydroxylation sites is 1. The number of benzene rings is 2. The summed E-state index contributed by atoms with van der Waals surface area (Å²) < 4.78 is 1.18. The molecule has 3 aromatic rings. The van der Waals surface area contributed by atoms with Gasteiger partial charge in [-0.2, -0.15) is 0 Å². The molecule has 6 nitrogen and oxygen atoms in total. The monoisotopic (exact) mass is 476 g/mol. The summed E-state index contributed by atoms with van der Waals surface area (Å²) in [6, 6.07) is 13.1. The van der Waals surface area contributed by atoms with E-state index in [1.165, 1.54) is 4.70 Å². The largest absolute Gasteiger partial charge is 0.861 e. The van der Waals surface area contributed by atoms with Gasteiger partial charge < -0.3 is 27.7 Å². The summed E-state index contributed by atoms with van der Waals surface area (Å²) in [7, 11) is 0. The van der Waals surface area contributed by atoms with Crippen molar-refractivity contribution >= 4 is 69.6 Å². The number of hydrogen-bond acceptors (Lipinski definition) is 7. The highest BCUT2D eigenvalue weighted by Crippen LogP contribution is 2.32. The molecule has 10 heteroatoms. The predicted molar refractivity (Wildman–Crippen MR) is 128 cm³/mol. The normalized spacial score (nSPS) is 10.9. The molecule has 0 saturated heterocycles. The number of thiazole rings is 1. The summed E-state index contributed by atoms with van der Waals surface area (Å²) in [6.45, 7) is 0.624. The Labute approximate surface area is 191 Å². The number of nitrogens with two attached hydrogens (primary N) is 3. The number of halogens is 3. The molecule has 0 saturated carbocycles. The van der Waals surface area contributed by atoms with Crippen LogP contribution in [-0.4, -0.2) is 23.5 Å². The quantitative estimate of drug-likeness (QED) is 0.185. The summed E-state index contributed by atoms with van der Waals surface area (Å²) in [6.07, 6.45) is 2.29. The summed E-state index contributed by atoms with van der Waals surface area (Å²) in [5.41, 5.74) is 18.8. The molecule has 1 atom stereocenters. The van der Waals surface area contributed by atoms with E-state index in [-0.39, 0.29) is 24.8 Å². The van der Waals surface area contributed by atoms with Crippen molar-refractivity contribution in [2.75, 3.05) is 12.3 Å². The van der Waals surface area contributed by atoms with Crippen LogP contribution in [0.1, 0.15) is 19.3 Å². The Kier molecular flexibility index (Phi) is 12.8. The van der Waals surface area contributed by atoms with Crippen LogP contribution in [0.5, 0.6) is 0 Å². The lowest BCUT2D eigenvalue weighted by molar-refractivity contribution is -0.222. The number of nitrogens with zero attached hydrogens (tertiary/aromatic N) is 1. The van der Waals surface area contributed by atoms with Gasteiger partial charge in [-0.15, -0.1) is 36.2 Å². The fourth-order valence-electron chi connectivity index (χ4n) is 2.30. The van der Waals surface area contributed by atoms with Crippen LogP contribution in [0.15, 0.2) is 42.5 Å². The van der Waals surface area contributed by atoms with Crippen molar-refractivity contribution < 1.29 is 5.11 Å². The van der Waals surface area contributed by atoms with E-state index < -0.39 is 11.9 Å². The van der Waals surface area contributed by atoms with Crippen LogP contribution in [0.3, 0.4) is 0 Å². The lowest BCUT2D eigenvalue weighted by Crippen LogP contribution is -2.38. The zero-order valence-electron chi connectivity index (χ0n) is 15.6. The van der Waals surface area contributed by atoms with Gasteiger partial charge in [-0.3, -0.25) is 0 Å². The first-order valence-electron chi connectivity index (χ1n) is 8.54. The van der Waals surface area contributed by atoms with E-state index >= 15 is 0 Å². The van der Waals surface area contributed by atoms with E-state index in [1.807, 2.05) is 36.4 Å². The summed E-state index contributed by atoms with van der Waals surface area (Å²) in [5, 5.41) is 18.4. The van der Waals surface area contributed by atoms with Gasteiger partial charge in [-0.05, 0) is 55.6 Å². The SMILES string of the molecule is Cl.Cl.N=C([O-])[C@@H](N)CCCCN.Nc1ccc(-c2nc3ccccc3s2)cc1Cl. The molecule has 0 amide bonds. The second kappa shape index (κ2) is 13.6. The van der Waals surface area contributed by atoms with E-state index in [0.29, 0.717) is 23.7 Å². The van der Waals surface area contributed by atoms with Gasteiger partial charge in [-0.1, -0.05) is 30.2 Å². The van der Waals surface area contributed by atoms with Crippen LogP contribution >= 0.6 is 47.8 Å². The van der Waals surface area contributed by atoms with E-state index in [9.17, 15) is 5.11 Å². The molecule has 0 spiro atoms. The first kappa shape index (κ1) is 27.4. The van der Waals surface area contributed by atoms with Gasteiger partial charge in [0.05, 0.1) is 20.9 Å². The fourth-order valence-corrected chi connectivity index (χ4v) is 3.44. The van der Waals surface area contributed by atoms with Gasteiger partial charge in [0, 0.05) is 11.6 Å². The maximum absolute atomic E-state index is 10.2. The van der Waals surface area contributed by atoms with E-state index in [1.54, 1.807) is 11.3 Å². The standard InChI is InChI=1S/C13H9ClN2S.C6H15N3O.2ClH/c14-9-7-8(5-6-10(9)15)13-16-11-3-1-2-4-12(11)17-13;7-4-2-1-3-5(8)6(9)10;;/h1-7H,15H2;5H,1-4,7-8H2,(H2,9,10);2*1H/p-1/t;5-;;/m.0../s1. The summed E-state index contributed by atoms with van der Waals surface area (Å²) in [5.74, 6) is -0.683. The van der Waals surface area contributed by atoms with Crippen LogP contribution in [0.2, 0.25) is 5.02 Å². The molecule has 0 bridgehead atoms. The number of unbranched alkanes of at least 4 members (excludes halogenated alkanes) is 1. The molecule has 0 aliphatic rings. The first-order valence-corrected chi connectivity index (χ1v) is 9.74. The predicted octanol–water partition coefficient (Wildman–Crippen LogP) is 3.82. The molecule has 1 heterocycles. The van der Waals surface area contributed by atoms with Crippen molar-refractivity contribution in [3.63, 3.8) is 0 Å². The highest BCUT2D eigenvalue weighted by molar-refractivity contribution is 7.21. The van der Waals surface area contributed by atoms with Gasteiger partial charge in [0.15, 0.2) is 0 Å². The minimum atomic E-state index is -0.683. The van der Waals surface area contributed by atoms with Gasteiger partial charge in [0.1, 0.15) is 5.01 Å². The molecule has 0 aliphatic heterocycles. The first-order chi connectivity index (χ1) is 12.9. The number of anilines is 1. The van der Waals surface area contributed by atoms with Gasteiger partial charge >= 0.3 is 0 Å². The molecule has 1 aromatic heterocycles. The van der Waals surface area contributed by atoms with Crippen molar-refractivity contribution in [2.45, 2.75) is 25.3 Å². The molecular formula is C19H25Cl3N5OS-. The van der Waals surface area contributed by atoms with Crippen LogP contribution in [0.4, 0.5) is 5.69 Å². The van der Waals surface area contributed by atoms with Crippen LogP contribution in [0.25, 0.3) is 20.8 Å². The molecule has 0 radical (unpaired) electrons. The molecule has 7 N–H and O–H groups in total. The lowest BCUT2D eigenvalue weighted by Gasteiger charge is -2.15. The smallest absolute Gasteiger partial charge is 0.124 e. The number of aromatic nitrogens is 1. The Balaban J connectivity index is 0.000000576. The minimum Gasteiger partial charge on any atom is -0.861 e. The highest BCUT2D eigenvalue weighted by Gasteiger charge is 2.07. The van der Waals surface area contributed by atoms with Gasteiger partial charge in [0.2, 0.25) is 0 Å². The third-order valence-corrected chi connectivity index (χ3v) is 5.26. The number of rotatable bonds is 6. The van der Waals surface area contributed by atoms with Crippen molar-refractivity contribution in [1.82, 2.24) is 4.98 Å². The van der Waals surface area contributed by atoms with Crippen molar-refractivity contribution in [3.8, 4) is 10.6 Å². The third-order valence-electron chi connectivity index (χ3n) is 3.85. The Morgan fingerprint density at radius 1 is 1.17 bits per heavy atom. The van der Waals surface area contributed by atoms with E-state index in [0.717, 1.165) is 28.9 Å². The molecule has 0 fully saturated rings. The molecule has 29 heavy (non-hydrogen) atoms. The molecule has 3 rings (SSSR count). The zero-order valence-corrected chi connectivity index (χ0v) is 18.8. The van der Waals surface area contributed by atoms with Crippen molar-refractivity contribution in [2.24, 2.45) is 11.5 Å². The second-order valence-corrected chi connectivity index (χ2v) is 7.42. The van der Waals surface area contributed by atoms with Crippen LogP contribution in [-0.2, 0) is 0 Å². The Morgan fingerprint density at radius 3 is 2.45 bits per heavy atom. The highest BCUT2D eigenvalue weighted by atomic mass is 35.5. The van der Waals surface area contributed by atoms with Gasteiger partial charge in [-0.25, -0.2) is 4.98 Å². The lowest BCUT2D eigenvalue weighted by atomic mass is 10.1. The molecule has 0 aliphatic carbocycles. The second-order valence-electron chi connectivity index (χ2n) is 5.98.